The fraction of sp³-hybridized carbons (Fsp3) is 0.818. The van der Waals surface area contributed by atoms with Gasteiger partial charge < -0.3 is 10.1 Å². The molecule has 5 heteroatoms. The molecule has 16 heavy (non-hydrogen) atoms. The summed E-state index contributed by atoms with van der Waals surface area (Å²) in [6, 6.07) is 0. The Hall–Kier alpha value is -0.940. The van der Waals surface area contributed by atoms with Gasteiger partial charge in [0.15, 0.2) is 0 Å². The summed E-state index contributed by atoms with van der Waals surface area (Å²) < 4.78 is 7.57. The normalized spacial score (nSPS) is 20.4. The Morgan fingerprint density at radius 3 is 3.31 bits per heavy atom. The monoisotopic (exact) mass is 224 g/mol. The van der Waals surface area contributed by atoms with Crippen molar-refractivity contribution in [2.24, 2.45) is 0 Å². The molecule has 2 heterocycles. The second-order valence-electron chi connectivity index (χ2n) is 4.10. The minimum atomic E-state index is 0.427. The van der Waals surface area contributed by atoms with E-state index in [4.69, 9.17) is 4.74 Å². The SMILES string of the molecule is CCNCc1ncnn1CCC1CCCO1. The summed E-state index contributed by atoms with van der Waals surface area (Å²) in [6.07, 6.45) is 5.49. The van der Waals surface area contributed by atoms with Gasteiger partial charge in [0, 0.05) is 13.2 Å². The molecule has 1 fully saturated rings. The van der Waals surface area contributed by atoms with Gasteiger partial charge in [0.25, 0.3) is 0 Å². The van der Waals surface area contributed by atoms with E-state index in [9.17, 15) is 0 Å². The van der Waals surface area contributed by atoms with E-state index in [1.807, 2.05) is 4.68 Å². The van der Waals surface area contributed by atoms with E-state index < -0.39 is 0 Å². The summed E-state index contributed by atoms with van der Waals surface area (Å²) in [6.45, 7) is 5.67. The topological polar surface area (TPSA) is 52.0 Å². The molecule has 0 amide bonds. The maximum atomic E-state index is 5.60. The maximum Gasteiger partial charge on any atom is 0.140 e. The van der Waals surface area contributed by atoms with Gasteiger partial charge in [-0.3, -0.25) is 0 Å². The van der Waals surface area contributed by atoms with Crippen LogP contribution in [-0.2, 0) is 17.8 Å². The van der Waals surface area contributed by atoms with Crippen molar-refractivity contribution in [3.05, 3.63) is 12.2 Å². The van der Waals surface area contributed by atoms with E-state index in [1.54, 1.807) is 6.33 Å². The lowest BCUT2D eigenvalue weighted by Gasteiger charge is -2.10. The molecule has 5 nitrogen and oxygen atoms in total. The van der Waals surface area contributed by atoms with Crippen molar-refractivity contribution in [3.8, 4) is 0 Å². The zero-order valence-corrected chi connectivity index (χ0v) is 9.85. The standard InChI is InChI=1S/C11H20N4O/c1-2-12-8-11-13-9-14-15(11)6-5-10-4-3-7-16-10/h9-10,12H,2-8H2,1H3. The van der Waals surface area contributed by atoms with Gasteiger partial charge in [-0.2, -0.15) is 5.10 Å². The molecule has 1 aliphatic rings. The third kappa shape index (κ3) is 3.02. The number of nitrogens with zero attached hydrogens (tertiary/aromatic N) is 3. The first-order valence-corrected chi connectivity index (χ1v) is 6.09. The van der Waals surface area contributed by atoms with Crippen LogP contribution in [0.1, 0.15) is 32.0 Å². The van der Waals surface area contributed by atoms with Crippen LogP contribution in [0.4, 0.5) is 0 Å². The van der Waals surface area contributed by atoms with Crippen LogP contribution < -0.4 is 5.32 Å². The predicted octanol–water partition coefficient (Wildman–Crippen LogP) is 0.957. The Kier molecular flexibility index (Phi) is 4.30. The highest BCUT2D eigenvalue weighted by atomic mass is 16.5. The number of rotatable bonds is 6. The molecule has 0 spiro atoms. The summed E-state index contributed by atoms with van der Waals surface area (Å²) in [5.41, 5.74) is 0. The van der Waals surface area contributed by atoms with Crippen molar-refractivity contribution in [1.29, 1.82) is 0 Å². The van der Waals surface area contributed by atoms with Gasteiger partial charge in [-0.15, -0.1) is 0 Å². The summed E-state index contributed by atoms with van der Waals surface area (Å²) in [5, 5.41) is 7.50. The Labute approximate surface area is 96.2 Å². The number of nitrogens with one attached hydrogen (secondary N) is 1. The molecule has 0 bridgehead atoms. The number of aromatic nitrogens is 3. The minimum Gasteiger partial charge on any atom is -0.378 e. The first-order valence-electron chi connectivity index (χ1n) is 6.09. The molecule has 1 N–H and O–H groups in total. The number of ether oxygens (including phenoxy) is 1. The second-order valence-corrected chi connectivity index (χ2v) is 4.10. The van der Waals surface area contributed by atoms with Crippen LogP contribution in [-0.4, -0.2) is 34.0 Å². The lowest BCUT2D eigenvalue weighted by atomic mass is 10.2. The van der Waals surface area contributed by atoms with Crippen molar-refractivity contribution in [2.45, 2.75) is 45.4 Å². The van der Waals surface area contributed by atoms with Crippen LogP contribution in [0.25, 0.3) is 0 Å². The van der Waals surface area contributed by atoms with E-state index in [-0.39, 0.29) is 0 Å². The highest BCUT2D eigenvalue weighted by molar-refractivity contribution is 4.84. The molecule has 90 valence electrons. The van der Waals surface area contributed by atoms with Gasteiger partial charge in [0.2, 0.25) is 0 Å². The summed E-state index contributed by atoms with van der Waals surface area (Å²) in [5.74, 6) is 1.01. The van der Waals surface area contributed by atoms with Crippen molar-refractivity contribution in [3.63, 3.8) is 0 Å². The van der Waals surface area contributed by atoms with E-state index in [0.29, 0.717) is 6.10 Å². The number of hydrogen-bond donors (Lipinski definition) is 1. The van der Waals surface area contributed by atoms with Crippen molar-refractivity contribution in [2.75, 3.05) is 13.2 Å². The molecule has 0 radical (unpaired) electrons. The Bertz CT molecular complexity index is 307. The zero-order valence-electron chi connectivity index (χ0n) is 9.85. The highest BCUT2D eigenvalue weighted by Crippen LogP contribution is 2.15. The van der Waals surface area contributed by atoms with Gasteiger partial charge in [0.05, 0.1) is 12.6 Å². The Morgan fingerprint density at radius 2 is 2.56 bits per heavy atom. The first-order chi connectivity index (χ1) is 7.90. The molecule has 0 aromatic carbocycles. The predicted molar refractivity (Wildman–Crippen MR) is 61.0 cm³/mol. The van der Waals surface area contributed by atoms with Crippen molar-refractivity contribution in [1.82, 2.24) is 20.1 Å². The molecule has 0 aliphatic carbocycles. The van der Waals surface area contributed by atoms with Crippen molar-refractivity contribution < 1.29 is 4.74 Å². The molecule has 0 saturated carbocycles. The van der Waals surface area contributed by atoms with Crippen LogP contribution in [0.2, 0.25) is 0 Å². The largest absolute Gasteiger partial charge is 0.378 e. The van der Waals surface area contributed by atoms with Crippen LogP contribution in [0.5, 0.6) is 0 Å². The van der Waals surface area contributed by atoms with Gasteiger partial charge in [-0.1, -0.05) is 6.92 Å². The maximum absolute atomic E-state index is 5.60. The Balaban J connectivity index is 1.80. The molecule has 1 aliphatic heterocycles. The van der Waals surface area contributed by atoms with Crippen LogP contribution in [0, 0.1) is 0 Å². The van der Waals surface area contributed by atoms with Gasteiger partial charge in [-0.25, -0.2) is 9.67 Å². The van der Waals surface area contributed by atoms with Gasteiger partial charge in [-0.05, 0) is 25.8 Å². The van der Waals surface area contributed by atoms with Crippen molar-refractivity contribution >= 4 is 0 Å². The number of aryl methyl sites for hydroxylation is 1. The van der Waals surface area contributed by atoms with Crippen LogP contribution in [0.15, 0.2) is 6.33 Å². The molecule has 1 aromatic heterocycles. The zero-order chi connectivity index (χ0) is 11.2. The molecular formula is C11H20N4O. The van der Waals surface area contributed by atoms with Crippen LogP contribution >= 0.6 is 0 Å². The quantitative estimate of drug-likeness (QED) is 0.782. The summed E-state index contributed by atoms with van der Waals surface area (Å²) >= 11 is 0. The smallest absolute Gasteiger partial charge is 0.140 e. The molecule has 1 unspecified atom stereocenters. The fourth-order valence-electron chi connectivity index (χ4n) is 1.99. The van der Waals surface area contributed by atoms with E-state index in [1.165, 1.54) is 12.8 Å². The summed E-state index contributed by atoms with van der Waals surface area (Å²) in [4.78, 5) is 4.25. The van der Waals surface area contributed by atoms with Gasteiger partial charge in [0.1, 0.15) is 12.2 Å². The first kappa shape index (κ1) is 11.5. The molecule has 2 rings (SSSR count). The molecule has 1 saturated heterocycles. The third-order valence-corrected chi connectivity index (χ3v) is 2.92. The van der Waals surface area contributed by atoms with E-state index in [0.717, 1.165) is 38.5 Å². The van der Waals surface area contributed by atoms with E-state index in [2.05, 4.69) is 22.3 Å². The lowest BCUT2D eigenvalue weighted by molar-refractivity contribution is 0.0991. The molecule has 1 aromatic rings. The van der Waals surface area contributed by atoms with E-state index >= 15 is 0 Å². The average Bonchev–Trinajstić information content (AvgIpc) is 2.94. The molecule has 1 atom stereocenters. The number of hydrogen-bond acceptors (Lipinski definition) is 4. The highest BCUT2D eigenvalue weighted by Gasteiger charge is 2.15. The molecular weight excluding hydrogens is 204 g/mol. The fourth-order valence-corrected chi connectivity index (χ4v) is 1.99. The van der Waals surface area contributed by atoms with Gasteiger partial charge >= 0.3 is 0 Å². The Morgan fingerprint density at radius 1 is 1.62 bits per heavy atom. The lowest BCUT2D eigenvalue weighted by Crippen LogP contribution is -2.18. The second kappa shape index (κ2) is 5.96. The van der Waals surface area contributed by atoms with Crippen LogP contribution in [0.3, 0.4) is 0 Å². The minimum absolute atomic E-state index is 0.427. The average molecular weight is 224 g/mol. The third-order valence-electron chi connectivity index (χ3n) is 2.92. The summed E-state index contributed by atoms with van der Waals surface area (Å²) in [7, 11) is 0.